The highest BCUT2D eigenvalue weighted by molar-refractivity contribution is 4.80. The lowest BCUT2D eigenvalue weighted by atomic mass is 9.95. The Bertz CT molecular complexity index is 168. The van der Waals surface area contributed by atoms with E-state index in [9.17, 15) is 0 Å². The molecule has 0 aromatic rings. The van der Waals surface area contributed by atoms with Gasteiger partial charge in [0.25, 0.3) is 0 Å². The van der Waals surface area contributed by atoms with Crippen molar-refractivity contribution in [2.75, 3.05) is 20.1 Å². The Labute approximate surface area is 88.2 Å². The molecule has 2 atom stereocenters. The molecular formula is C12H24N2. The molecule has 1 saturated carbocycles. The van der Waals surface area contributed by atoms with Gasteiger partial charge in [-0.15, -0.1) is 6.58 Å². The normalized spacial score (nSPS) is 28.8. The number of rotatable bonds is 4. The van der Waals surface area contributed by atoms with Crippen molar-refractivity contribution in [3.63, 3.8) is 0 Å². The molecule has 1 aliphatic carbocycles. The number of likely N-dealkylation sites (N-methyl/N-ethyl adjacent to an activating group) is 1. The van der Waals surface area contributed by atoms with E-state index in [-0.39, 0.29) is 0 Å². The van der Waals surface area contributed by atoms with Crippen molar-refractivity contribution in [3.8, 4) is 0 Å². The largest absolute Gasteiger partial charge is 0.327 e. The fourth-order valence-electron chi connectivity index (χ4n) is 2.34. The van der Waals surface area contributed by atoms with E-state index in [0.29, 0.717) is 12.0 Å². The second-order valence-electron chi connectivity index (χ2n) is 4.57. The van der Waals surface area contributed by atoms with Gasteiger partial charge in [-0.25, -0.2) is 0 Å². The molecule has 0 radical (unpaired) electrons. The minimum absolute atomic E-state index is 0.421. The Balaban J connectivity index is 2.35. The van der Waals surface area contributed by atoms with Crippen LogP contribution in [0.2, 0.25) is 0 Å². The first-order chi connectivity index (χ1) is 6.74. The smallest absolute Gasteiger partial charge is 0.0157 e. The quantitative estimate of drug-likeness (QED) is 0.550. The lowest BCUT2D eigenvalue weighted by Gasteiger charge is -2.26. The molecule has 2 heteroatoms. The first-order valence-electron chi connectivity index (χ1n) is 5.79. The van der Waals surface area contributed by atoms with E-state index in [2.05, 4.69) is 18.5 Å². The van der Waals surface area contributed by atoms with Crippen molar-refractivity contribution < 1.29 is 0 Å². The molecule has 1 fully saturated rings. The molecular weight excluding hydrogens is 172 g/mol. The number of nitrogens with two attached hydrogens (primary N) is 1. The molecule has 0 saturated heterocycles. The molecule has 0 aromatic heterocycles. The third kappa shape index (κ3) is 3.81. The molecule has 2 nitrogen and oxygen atoms in total. The standard InChI is InChI=1S/C12H24N2/c1-3-9-14(2)10-11-7-5-4-6-8-12(11)13/h3,11-12H,1,4-10,13H2,2H3. The summed E-state index contributed by atoms with van der Waals surface area (Å²) < 4.78 is 0. The van der Waals surface area contributed by atoms with Crippen LogP contribution in [-0.2, 0) is 0 Å². The molecule has 0 heterocycles. The molecule has 0 aliphatic heterocycles. The van der Waals surface area contributed by atoms with Crippen LogP contribution in [0.1, 0.15) is 32.1 Å². The van der Waals surface area contributed by atoms with Gasteiger partial charge < -0.3 is 10.6 Å². The summed E-state index contributed by atoms with van der Waals surface area (Å²) in [5, 5.41) is 0. The Morgan fingerprint density at radius 1 is 1.36 bits per heavy atom. The van der Waals surface area contributed by atoms with E-state index in [0.717, 1.165) is 13.1 Å². The van der Waals surface area contributed by atoms with Gasteiger partial charge in [-0.05, 0) is 25.8 Å². The summed E-state index contributed by atoms with van der Waals surface area (Å²) in [6.45, 7) is 5.87. The fourth-order valence-corrected chi connectivity index (χ4v) is 2.34. The van der Waals surface area contributed by atoms with E-state index in [1.165, 1.54) is 32.1 Å². The maximum Gasteiger partial charge on any atom is 0.0157 e. The van der Waals surface area contributed by atoms with Gasteiger partial charge in [-0.1, -0.05) is 25.3 Å². The van der Waals surface area contributed by atoms with Gasteiger partial charge in [0.2, 0.25) is 0 Å². The highest BCUT2D eigenvalue weighted by Crippen LogP contribution is 2.22. The topological polar surface area (TPSA) is 29.3 Å². The van der Waals surface area contributed by atoms with Crippen LogP contribution in [0, 0.1) is 5.92 Å². The molecule has 14 heavy (non-hydrogen) atoms. The Kier molecular flexibility index (Phi) is 5.20. The molecule has 2 unspecified atom stereocenters. The summed E-state index contributed by atoms with van der Waals surface area (Å²) in [6, 6.07) is 0.421. The lowest BCUT2D eigenvalue weighted by Crippen LogP contribution is -2.37. The van der Waals surface area contributed by atoms with Gasteiger partial charge in [-0.3, -0.25) is 0 Å². The van der Waals surface area contributed by atoms with Crippen molar-refractivity contribution in [2.45, 2.75) is 38.1 Å². The number of nitrogens with zero attached hydrogens (tertiary/aromatic N) is 1. The van der Waals surface area contributed by atoms with Gasteiger partial charge in [0, 0.05) is 19.1 Å². The number of hydrogen-bond acceptors (Lipinski definition) is 2. The molecule has 82 valence electrons. The third-order valence-corrected chi connectivity index (χ3v) is 3.20. The summed E-state index contributed by atoms with van der Waals surface area (Å²) in [4.78, 5) is 2.32. The van der Waals surface area contributed by atoms with Gasteiger partial charge in [0.15, 0.2) is 0 Å². The SMILES string of the molecule is C=CCN(C)CC1CCCCCC1N. The summed E-state index contributed by atoms with van der Waals surface area (Å²) >= 11 is 0. The van der Waals surface area contributed by atoms with Crippen molar-refractivity contribution >= 4 is 0 Å². The zero-order valence-electron chi connectivity index (χ0n) is 9.41. The van der Waals surface area contributed by atoms with Crippen LogP contribution < -0.4 is 5.73 Å². The average molecular weight is 196 g/mol. The molecule has 1 rings (SSSR count). The minimum Gasteiger partial charge on any atom is -0.327 e. The van der Waals surface area contributed by atoms with Crippen LogP contribution in [-0.4, -0.2) is 31.1 Å². The van der Waals surface area contributed by atoms with E-state index in [4.69, 9.17) is 5.73 Å². The van der Waals surface area contributed by atoms with Crippen molar-refractivity contribution in [3.05, 3.63) is 12.7 Å². The van der Waals surface area contributed by atoms with Crippen LogP contribution in [0.5, 0.6) is 0 Å². The average Bonchev–Trinajstić information content (AvgIpc) is 2.33. The monoisotopic (exact) mass is 196 g/mol. The van der Waals surface area contributed by atoms with Gasteiger partial charge in [-0.2, -0.15) is 0 Å². The zero-order chi connectivity index (χ0) is 10.4. The Hall–Kier alpha value is -0.340. The summed E-state index contributed by atoms with van der Waals surface area (Å²) in [6.07, 6.45) is 8.54. The zero-order valence-corrected chi connectivity index (χ0v) is 9.41. The molecule has 0 amide bonds. The molecule has 0 aromatic carbocycles. The third-order valence-electron chi connectivity index (χ3n) is 3.20. The van der Waals surface area contributed by atoms with E-state index in [1.807, 2.05) is 6.08 Å². The molecule has 1 aliphatic rings. The maximum absolute atomic E-state index is 6.17. The van der Waals surface area contributed by atoms with Crippen LogP contribution in [0.3, 0.4) is 0 Å². The Morgan fingerprint density at radius 3 is 2.79 bits per heavy atom. The van der Waals surface area contributed by atoms with Crippen molar-refractivity contribution in [1.29, 1.82) is 0 Å². The van der Waals surface area contributed by atoms with Crippen LogP contribution in [0.25, 0.3) is 0 Å². The minimum atomic E-state index is 0.421. The van der Waals surface area contributed by atoms with E-state index < -0.39 is 0 Å². The first kappa shape index (κ1) is 11.7. The van der Waals surface area contributed by atoms with Crippen molar-refractivity contribution in [2.24, 2.45) is 11.7 Å². The van der Waals surface area contributed by atoms with Crippen molar-refractivity contribution in [1.82, 2.24) is 4.90 Å². The van der Waals surface area contributed by atoms with Crippen LogP contribution >= 0.6 is 0 Å². The van der Waals surface area contributed by atoms with Gasteiger partial charge >= 0.3 is 0 Å². The van der Waals surface area contributed by atoms with Crippen LogP contribution in [0.4, 0.5) is 0 Å². The molecule has 2 N–H and O–H groups in total. The van der Waals surface area contributed by atoms with E-state index in [1.54, 1.807) is 0 Å². The second-order valence-corrected chi connectivity index (χ2v) is 4.57. The Morgan fingerprint density at radius 2 is 2.07 bits per heavy atom. The number of hydrogen-bond donors (Lipinski definition) is 1. The second kappa shape index (κ2) is 6.20. The predicted molar refractivity (Wildman–Crippen MR) is 62.2 cm³/mol. The van der Waals surface area contributed by atoms with Gasteiger partial charge in [0.05, 0.1) is 0 Å². The molecule has 0 bridgehead atoms. The maximum atomic E-state index is 6.17. The summed E-state index contributed by atoms with van der Waals surface area (Å²) in [5.74, 6) is 0.697. The summed E-state index contributed by atoms with van der Waals surface area (Å²) in [7, 11) is 2.15. The first-order valence-corrected chi connectivity index (χ1v) is 5.79. The fraction of sp³-hybridized carbons (Fsp3) is 0.833. The highest BCUT2D eigenvalue weighted by atomic mass is 15.1. The molecule has 0 spiro atoms. The van der Waals surface area contributed by atoms with Gasteiger partial charge in [0.1, 0.15) is 0 Å². The summed E-state index contributed by atoms with van der Waals surface area (Å²) in [5.41, 5.74) is 6.17. The van der Waals surface area contributed by atoms with E-state index >= 15 is 0 Å². The highest BCUT2D eigenvalue weighted by Gasteiger charge is 2.21. The van der Waals surface area contributed by atoms with Crippen LogP contribution in [0.15, 0.2) is 12.7 Å². The lowest BCUT2D eigenvalue weighted by molar-refractivity contribution is 0.260. The predicted octanol–water partition coefficient (Wildman–Crippen LogP) is 2.01.